The molecular formula is C11H21NS. The first-order valence-electron chi connectivity index (χ1n) is 4.93. The molecule has 0 unspecified atom stereocenters. The van der Waals surface area contributed by atoms with Gasteiger partial charge in [-0.05, 0) is 18.3 Å². The van der Waals surface area contributed by atoms with Gasteiger partial charge in [-0.3, -0.25) is 0 Å². The summed E-state index contributed by atoms with van der Waals surface area (Å²) in [6.07, 6.45) is 2.46. The molecule has 1 nitrogen and oxygen atoms in total. The second-order valence-corrected chi connectivity index (χ2v) is 5.69. The van der Waals surface area contributed by atoms with Crippen LogP contribution in [0.2, 0.25) is 0 Å². The van der Waals surface area contributed by atoms with Crippen molar-refractivity contribution in [2.24, 2.45) is 10.8 Å². The minimum atomic E-state index is 0.247. The van der Waals surface area contributed by atoms with Gasteiger partial charge in [-0.2, -0.15) is 0 Å². The number of nitrogens with one attached hydrogen (secondary N) is 1. The Kier molecular flexibility index (Phi) is 2.73. The van der Waals surface area contributed by atoms with Gasteiger partial charge in [0.05, 0.1) is 0 Å². The Hall–Kier alpha value is -0.110. The van der Waals surface area contributed by atoms with E-state index in [1.807, 2.05) is 7.05 Å². The van der Waals surface area contributed by atoms with E-state index in [1.165, 1.54) is 23.4 Å². The summed E-state index contributed by atoms with van der Waals surface area (Å²) in [5.41, 5.74) is 1.82. The van der Waals surface area contributed by atoms with E-state index in [4.69, 9.17) is 0 Å². The van der Waals surface area contributed by atoms with Crippen molar-refractivity contribution in [2.45, 2.75) is 40.5 Å². The van der Waals surface area contributed by atoms with Crippen LogP contribution in [0.1, 0.15) is 40.5 Å². The maximum Gasteiger partial charge on any atom is 0.0261 e. The monoisotopic (exact) mass is 199 g/mol. The van der Waals surface area contributed by atoms with Crippen LogP contribution in [0.5, 0.6) is 0 Å². The Balaban J connectivity index is 3.14. The molecule has 1 aliphatic carbocycles. The molecule has 0 radical (unpaired) electrons. The van der Waals surface area contributed by atoms with E-state index in [-0.39, 0.29) is 10.8 Å². The lowest BCUT2D eigenvalue weighted by Crippen LogP contribution is -2.34. The third-order valence-electron chi connectivity index (χ3n) is 3.18. The predicted octanol–water partition coefficient (Wildman–Crippen LogP) is 3.19. The normalized spacial score (nSPS) is 26.0. The Bertz CT molecular complexity index is 238. The molecule has 1 rings (SSSR count). The zero-order valence-corrected chi connectivity index (χ0v) is 10.3. The van der Waals surface area contributed by atoms with Gasteiger partial charge in [0.1, 0.15) is 0 Å². The largest absolute Gasteiger partial charge is 0.390 e. The average molecular weight is 199 g/mol. The summed E-state index contributed by atoms with van der Waals surface area (Å²) in [6.45, 7) is 9.10. The van der Waals surface area contributed by atoms with E-state index in [9.17, 15) is 0 Å². The number of rotatable bonds is 1. The van der Waals surface area contributed by atoms with E-state index in [0.29, 0.717) is 0 Å². The lowest BCUT2D eigenvalue weighted by atomic mass is 9.70. The van der Waals surface area contributed by atoms with Crippen LogP contribution in [0.15, 0.2) is 10.6 Å². The first kappa shape index (κ1) is 11.0. The van der Waals surface area contributed by atoms with E-state index in [2.05, 4.69) is 45.6 Å². The minimum Gasteiger partial charge on any atom is -0.390 e. The topological polar surface area (TPSA) is 12.0 Å². The third kappa shape index (κ3) is 1.88. The lowest BCUT2D eigenvalue weighted by molar-refractivity contribution is 0.263. The van der Waals surface area contributed by atoms with Crippen molar-refractivity contribution in [3.05, 3.63) is 10.6 Å². The summed E-state index contributed by atoms with van der Waals surface area (Å²) in [7, 11) is 1.99. The molecule has 0 saturated heterocycles. The average Bonchev–Trinajstić information content (AvgIpc) is 2.00. The molecule has 0 atom stereocenters. The second-order valence-electron chi connectivity index (χ2n) is 5.24. The summed E-state index contributed by atoms with van der Waals surface area (Å²) in [6, 6.07) is 0. The number of allylic oxidation sites excluding steroid dienone is 2. The fourth-order valence-corrected chi connectivity index (χ4v) is 2.51. The van der Waals surface area contributed by atoms with Crippen molar-refractivity contribution >= 4 is 12.6 Å². The summed E-state index contributed by atoms with van der Waals surface area (Å²) in [5, 5.41) is 3.30. The zero-order chi connectivity index (χ0) is 10.3. The molecule has 0 saturated carbocycles. The summed E-state index contributed by atoms with van der Waals surface area (Å²) < 4.78 is 0. The fourth-order valence-electron chi connectivity index (χ4n) is 1.98. The quantitative estimate of drug-likeness (QED) is 0.618. The molecule has 0 aromatic carbocycles. The molecule has 13 heavy (non-hydrogen) atoms. The SMILES string of the molecule is CNC1=C(S)C(C)(C)CCC1(C)C. The van der Waals surface area contributed by atoms with Gasteiger partial charge < -0.3 is 5.32 Å². The van der Waals surface area contributed by atoms with Gasteiger partial charge in [-0.1, -0.05) is 27.7 Å². The van der Waals surface area contributed by atoms with Crippen LogP contribution in [0.4, 0.5) is 0 Å². The minimum absolute atomic E-state index is 0.247. The van der Waals surface area contributed by atoms with Gasteiger partial charge in [0.2, 0.25) is 0 Å². The van der Waals surface area contributed by atoms with E-state index < -0.39 is 0 Å². The van der Waals surface area contributed by atoms with Crippen LogP contribution in [0.3, 0.4) is 0 Å². The Labute approximate surface area is 87.4 Å². The highest BCUT2D eigenvalue weighted by atomic mass is 32.1. The van der Waals surface area contributed by atoms with Crippen molar-refractivity contribution in [2.75, 3.05) is 7.05 Å². The second kappa shape index (κ2) is 3.23. The number of hydrogen-bond donors (Lipinski definition) is 2. The molecule has 0 amide bonds. The number of thiol groups is 1. The van der Waals surface area contributed by atoms with Crippen LogP contribution in [-0.4, -0.2) is 7.05 Å². The van der Waals surface area contributed by atoms with Crippen LogP contribution < -0.4 is 5.32 Å². The van der Waals surface area contributed by atoms with Gasteiger partial charge in [-0.15, -0.1) is 12.6 Å². The van der Waals surface area contributed by atoms with Crippen LogP contribution in [0.25, 0.3) is 0 Å². The van der Waals surface area contributed by atoms with Gasteiger partial charge in [0.25, 0.3) is 0 Å². The lowest BCUT2D eigenvalue weighted by Gasteiger charge is -2.41. The van der Waals surface area contributed by atoms with Crippen molar-refractivity contribution in [3.63, 3.8) is 0 Å². The first-order chi connectivity index (χ1) is 5.81. The smallest absolute Gasteiger partial charge is 0.0261 e. The highest BCUT2D eigenvalue weighted by Crippen LogP contribution is 2.48. The Morgan fingerprint density at radius 3 is 1.92 bits per heavy atom. The molecule has 0 aromatic heterocycles. The summed E-state index contributed by atoms with van der Waals surface area (Å²) in [4.78, 5) is 1.23. The van der Waals surface area contributed by atoms with Gasteiger partial charge in [-0.25, -0.2) is 0 Å². The van der Waals surface area contributed by atoms with Gasteiger partial charge in [0.15, 0.2) is 0 Å². The van der Waals surface area contributed by atoms with Crippen molar-refractivity contribution < 1.29 is 0 Å². The molecule has 0 heterocycles. The maximum absolute atomic E-state index is 4.65. The van der Waals surface area contributed by atoms with Crippen molar-refractivity contribution in [1.82, 2.24) is 5.32 Å². The van der Waals surface area contributed by atoms with E-state index in [1.54, 1.807) is 0 Å². The van der Waals surface area contributed by atoms with Crippen LogP contribution in [0, 0.1) is 10.8 Å². The summed E-state index contributed by atoms with van der Waals surface area (Å²) in [5.74, 6) is 0. The molecule has 0 aliphatic heterocycles. The molecule has 2 heteroatoms. The highest BCUT2D eigenvalue weighted by Gasteiger charge is 2.37. The zero-order valence-electron chi connectivity index (χ0n) is 9.36. The maximum atomic E-state index is 4.65. The molecule has 0 aromatic rings. The first-order valence-corrected chi connectivity index (χ1v) is 5.38. The third-order valence-corrected chi connectivity index (χ3v) is 4.01. The van der Waals surface area contributed by atoms with Crippen molar-refractivity contribution in [3.8, 4) is 0 Å². The Morgan fingerprint density at radius 1 is 1.08 bits per heavy atom. The molecule has 1 N–H and O–H groups in total. The molecule has 0 fully saturated rings. The van der Waals surface area contributed by atoms with E-state index >= 15 is 0 Å². The molecule has 76 valence electrons. The number of hydrogen-bond acceptors (Lipinski definition) is 2. The molecular weight excluding hydrogens is 178 g/mol. The summed E-state index contributed by atoms with van der Waals surface area (Å²) >= 11 is 4.65. The predicted molar refractivity (Wildman–Crippen MR) is 61.9 cm³/mol. The van der Waals surface area contributed by atoms with Gasteiger partial charge >= 0.3 is 0 Å². The van der Waals surface area contributed by atoms with Crippen LogP contribution in [-0.2, 0) is 0 Å². The highest BCUT2D eigenvalue weighted by molar-refractivity contribution is 7.84. The van der Waals surface area contributed by atoms with Crippen molar-refractivity contribution in [1.29, 1.82) is 0 Å². The Morgan fingerprint density at radius 2 is 1.54 bits per heavy atom. The fraction of sp³-hybridized carbons (Fsp3) is 0.818. The molecule has 1 aliphatic rings. The van der Waals surface area contributed by atoms with Gasteiger partial charge in [0, 0.05) is 23.1 Å². The standard InChI is InChI=1S/C11H21NS/c1-10(2)6-7-11(3,4)9(13)8(10)12-5/h12-13H,6-7H2,1-5H3. The van der Waals surface area contributed by atoms with Crippen LogP contribution >= 0.6 is 12.6 Å². The molecule has 0 bridgehead atoms. The van der Waals surface area contributed by atoms with E-state index in [0.717, 1.165) is 0 Å². The molecule has 0 spiro atoms.